The number of pyridine rings is 1. The first-order chi connectivity index (χ1) is 10.4. The second-order valence-electron chi connectivity index (χ2n) is 6.44. The highest BCUT2D eigenvalue weighted by Gasteiger charge is 2.43. The SMILES string of the molecule is CCC[C@@]1(CO)CN(C(=O)c2cc(C)nc(C)c2)CC[C@H]1O. The number of piperidine rings is 1. The highest BCUT2D eigenvalue weighted by molar-refractivity contribution is 5.94. The molecule has 1 fully saturated rings. The van der Waals surface area contributed by atoms with Gasteiger partial charge in [0.15, 0.2) is 0 Å². The van der Waals surface area contributed by atoms with Crippen molar-refractivity contribution in [3.63, 3.8) is 0 Å². The first-order valence-corrected chi connectivity index (χ1v) is 7.95. The van der Waals surface area contributed by atoms with Crippen molar-refractivity contribution in [3.05, 3.63) is 29.1 Å². The zero-order chi connectivity index (χ0) is 16.3. The summed E-state index contributed by atoms with van der Waals surface area (Å²) in [7, 11) is 0. The molecule has 22 heavy (non-hydrogen) atoms. The molecule has 0 bridgehead atoms. The van der Waals surface area contributed by atoms with Crippen LogP contribution in [0, 0.1) is 19.3 Å². The molecule has 1 aliphatic rings. The number of aliphatic hydroxyl groups is 2. The van der Waals surface area contributed by atoms with Gasteiger partial charge in [0.2, 0.25) is 0 Å². The largest absolute Gasteiger partial charge is 0.396 e. The van der Waals surface area contributed by atoms with Crippen LogP contribution in [0.25, 0.3) is 0 Å². The minimum Gasteiger partial charge on any atom is -0.396 e. The topological polar surface area (TPSA) is 73.7 Å². The molecular formula is C17H26N2O3. The van der Waals surface area contributed by atoms with E-state index in [9.17, 15) is 15.0 Å². The molecule has 0 radical (unpaired) electrons. The number of hydrogen-bond acceptors (Lipinski definition) is 4. The fourth-order valence-corrected chi connectivity index (χ4v) is 3.44. The Balaban J connectivity index is 2.23. The molecule has 2 heterocycles. The van der Waals surface area contributed by atoms with Crippen LogP contribution in [-0.2, 0) is 0 Å². The van der Waals surface area contributed by atoms with E-state index in [2.05, 4.69) is 4.98 Å². The number of rotatable bonds is 4. The first kappa shape index (κ1) is 16.9. The van der Waals surface area contributed by atoms with Gasteiger partial charge in [-0.05, 0) is 38.8 Å². The number of aryl methyl sites for hydroxylation is 2. The van der Waals surface area contributed by atoms with E-state index in [0.29, 0.717) is 31.5 Å². The Kier molecular flexibility index (Phi) is 5.19. The third kappa shape index (κ3) is 3.31. The highest BCUT2D eigenvalue weighted by atomic mass is 16.3. The summed E-state index contributed by atoms with van der Waals surface area (Å²) < 4.78 is 0. The van der Waals surface area contributed by atoms with Crippen molar-refractivity contribution in [2.45, 2.75) is 46.1 Å². The monoisotopic (exact) mass is 306 g/mol. The van der Waals surface area contributed by atoms with E-state index >= 15 is 0 Å². The minimum atomic E-state index is -0.597. The van der Waals surface area contributed by atoms with Crippen molar-refractivity contribution in [2.75, 3.05) is 19.7 Å². The molecule has 0 saturated carbocycles. The van der Waals surface area contributed by atoms with E-state index in [4.69, 9.17) is 0 Å². The van der Waals surface area contributed by atoms with Crippen LogP contribution in [0.2, 0.25) is 0 Å². The van der Waals surface area contributed by atoms with Crippen LogP contribution in [0.3, 0.4) is 0 Å². The van der Waals surface area contributed by atoms with Gasteiger partial charge in [-0.3, -0.25) is 9.78 Å². The molecule has 0 unspecified atom stereocenters. The molecule has 1 saturated heterocycles. The lowest BCUT2D eigenvalue weighted by Crippen LogP contribution is -2.55. The fraction of sp³-hybridized carbons (Fsp3) is 0.647. The summed E-state index contributed by atoms with van der Waals surface area (Å²) in [5.74, 6) is -0.0468. The van der Waals surface area contributed by atoms with Gasteiger partial charge in [0.25, 0.3) is 5.91 Å². The van der Waals surface area contributed by atoms with Crippen molar-refractivity contribution in [2.24, 2.45) is 5.41 Å². The molecule has 1 aromatic rings. The Morgan fingerprint density at radius 1 is 1.41 bits per heavy atom. The lowest BCUT2D eigenvalue weighted by molar-refractivity contribution is -0.0720. The molecule has 1 aliphatic heterocycles. The maximum absolute atomic E-state index is 12.8. The van der Waals surface area contributed by atoms with Gasteiger partial charge in [-0.2, -0.15) is 0 Å². The first-order valence-electron chi connectivity index (χ1n) is 7.95. The smallest absolute Gasteiger partial charge is 0.254 e. The zero-order valence-electron chi connectivity index (χ0n) is 13.7. The van der Waals surface area contributed by atoms with Gasteiger partial charge in [0.1, 0.15) is 0 Å². The number of aromatic nitrogens is 1. The zero-order valence-corrected chi connectivity index (χ0v) is 13.7. The van der Waals surface area contributed by atoms with Gasteiger partial charge in [-0.15, -0.1) is 0 Å². The molecule has 0 spiro atoms. The normalized spacial score (nSPS) is 25.3. The number of hydrogen-bond donors (Lipinski definition) is 2. The maximum Gasteiger partial charge on any atom is 0.254 e. The van der Waals surface area contributed by atoms with E-state index < -0.39 is 11.5 Å². The molecule has 1 aromatic heterocycles. The van der Waals surface area contributed by atoms with Gasteiger partial charge < -0.3 is 15.1 Å². The van der Waals surface area contributed by atoms with Crippen LogP contribution in [-0.4, -0.2) is 51.8 Å². The van der Waals surface area contributed by atoms with Crippen molar-refractivity contribution in [3.8, 4) is 0 Å². The fourth-order valence-electron chi connectivity index (χ4n) is 3.44. The number of amides is 1. The average molecular weight is 306 g/mol. The van der Waals surface area contributed by atoms with Crippen molar-refractivity contribution < 1.29 is 15.0 Å². The van der Waals surface area contributed by atoms with Gasteiger partial charge >= 0.3 is 0 Å². The van der Waals surface area contributed by atoms with Gasteiger partial charge in [-0.25, -0.2) is 0 Å². The summed E-state index contributed by atoms with van der Waals surface area (Å²) in [6.07, 6.45) is 1.54. The van der Waals surface area contributed by atoms with Crippen LogP contribution in [0.1, 0.15) is 47.9 Å². The Morgan fingerprint density at radius 2 is 2.05 bits per heavy atom. The summed E-state index contributed by atoms with van der Waals surface area (Å²) in [4.78, 5) is 18.8. The van der Waals surface area contributed by atoms with E-state index in [1.165, 1.54) is 0 Å². The summed E-state index contributed by atoms with van der Waals surface area (Å²) in [6.45, 7) is 6.60. The third-order valence-electron chi connectivity index (χ3n) is 4.56. The summed E-state index contributed by atoms with van der Waals surface area (Å²) in [5.41, 5.74) is 1.68. The Labute approximate surface area is 132 Å². The van der Waals surface area contributed by atoms with Gasteiger partial charge in [0, 0.05) is 35.5 Å². The number of carbonyl (C=O) groups excluding carboxylic acids is 1. The number of nitrogens with zero attached hydrogens (tertiary/aromatic N) is 2. The minimum absolute atomic E-state index is 0.0468. The molecule has 2 N–H and O–H groups in total. The van der Waals surface area contributed by atoms with Crippen LogP contribution in [0.5, 0.6) is 0 Å². The summed E-state index contributed by atoms with van der Waals surface area (Å²) in [6, 6.07) is 3.58. The molecular weight excluding hydrogens is 280 g/mol. The van der Waals surface area contributed by atoms with Crippen molar-refractivity contribution in [1.29, 1.82) is 0 Å². The van der Waals surface area contributed by atoms with E-state index in [1.807, 2.05) is 20.8 Å². The highest BCUT2D eigenvalue weighted by Crippen LogP contribution is 2.35. The predicted molar refractivity (Wildman–Crippen MR) is 84.7 cm³/mol. The molecule has 5 heteroatoms. The molecule has 2 atom stereocenters. The van der Waals surface area contributed by atoms with Crippen LogP contribution in [0.15, 0.2) is 12.1 Å². The van der Waals surface area contributed by atoms with E-state index in [1.54, 1.807) is 17.0 Å². The average Bonchev–Trinajstić information content (AvgIpc) is 2.48. The van der Waals surface area contributed by atoms with Crippen molar-refractivity contribution in [1.82, 2.24) is 9.88 Å². The van der Waals surface area contributed by atoms with Gasteiger partial charge in [0.05, 0.1) is 12.7 Å². The summed E-state index contributed by atoms with van der Waals surface area (Å²) in [5, 5.41) is 20.1. The van der Waals surface area contributed by atoms with E-state index in [0.717, 1.165) is 17.8 Å². The molecule has 5 nitrogen and oxygen atoms in total. The lowest BCUT2D eigenvalue weighted by atomic mass is 9.74. The Hall–Kier alpha value is -1.46. The maximum atomic E-state index is 12.8. The van der Waals surface area contributed by atoms with E-state index in [-0.39, 0.29) is 12.5 Å². The Morgan fingerprint density at radius 3 is 2.59 bits per heavy atom. The quantitative estimate of drug-likeness (QED) is 0.887. The Bertz CT molecular complexity index is 526. The predicted octanol–water partition coefficient (Wildman–Crippen LogP) is 1.68. The van der Waals surface area contributed by atoms with Crippen LogP contribution < -0.4 is 0 Å². The number of likely N-dealkylation sites (tertiary alicyclic amines) is 1. The molecule has 122 valence electrons. The second-order valence-corrected chi connectivity index (χ2v) is 6.44. The molecule has 2 rings (SSSR count). The molecule has 0 aromatic carbocycles. The molecule has 0 aliphatic carbocycles. The number of aliphatic hydroxyl groups excluding tert-OH is 2. The second kappa shape index (κ2) is 6.75. The van der Waals surface area contributed by atoms with Crippen molar-refractivity contribution >= 4 is 5.91 Å². The van der Waals surface area contributed by atoms with Crippen LogP contribution in [0.4, 0.5) is 0 Å². The third-order valence-corrected chi connectivity index (χ3v) is 4.56. The van der Waals surface area contributed by atoms with Crippen LogP contribution >= 0.6 is 0 Å². The van der Waals surface area contributed by atoms with Gasteiger partial charge in [-0.1, -0.05) is 13.3 Å². The standard InChI is InChI=1S/C17H26N2O3/c1-4-6-17(11-20)10-19(7-5-15(17)21)16(22)14-8-12(2)18-13(3)9-14/h8-9,15,20-21H,4-7,10-11H2,1-3H3/t15-,17+/m1/s1. The number of carbonyl (C=O) groups is 1. The lowest BCUT2D eigenvalue weighted by Gasteiger charge is -2.45. The summed E-state index contributed by atoms with van der Waals surface area (Å²) >= 11 is 0. The molecule has 1 amide bonds.